The Morgan fingerprint density at radius 3 is 1.96 bits per heavy atom. The first-order valence-electron chi connectivity index (χ1n) is 18.2. The zero-order chi connectivity index (χ0) is 35.3. The standard InChI is InChI=1S/C50H29NO2S/c1-3-12-35-30(9-1)11-7-15-36(35)32-19-22-33(23-20-32)51(41-16-8-18-43-47(41)38-14-5-6-17-42(38)52-43)34-24-27-45-40(29-34)49-46(54-45)28-26-44-48(49)39-25-21-31-10-2-4-13-37(31)50(39)53-44/h1-29H. The molecule has 0 bridgehead atoms. The summed E-state index contributed by atoms with van der Waals surface area (Å²) in [6, 6.07) is 63.0. The minimum atomic E-state index is 0.868. The Kier molecular flexibility index (Phi) is 6.21. The van der Waals surface area contributed by atoms with E-state index in [1.807, 2.05) is 17.4 Å². The van der Waals surface area contributed by atoms with Crippen LogP contribution in [0.3, 0.4) is 0 Å². The lowest BCUT2D eigenvalue weighted by Gasteiger charge is -2.26. The second kappa shape index (κ2) is 11.3. The fraction of sp³-hybridized carbons (Fsp3) is 0. The topological polar surface area (TPSA) is 29.5 Å². The molecule has 0 aliphatic carbocycles. The number of para-hydroxylation sites is 1. The molecular weight excluding hydrogens is 679 g/mol. The summed E-state index contributed by atoms with van der Waals surface area (Å²) in [5.41, 5.74) is 9.23. The number of rotatable bonds is 4. The highest BCUT2D eigenvalue weighted by molar-refractivity contribution is 7.26. The molecule has 54 heavy (non-hydrogen) atoms. The molecule has 0 unspecified atom stereocenters. The van der Waals surface area contributed by atoms with Crippen LogP contribution in [0.1, 0.15) is 0 Å². The Bertz CT molecular complexity index is 3450. The fourth-order valence-electron chi connectivity index (χ4n) is 8.63. The molecule has 0 spiro atoms. The van der Waals surface area contributed by atoms with Crippen LogP contribution in [0.15, 0.2) is 185 Å². The number of fused-ring (bicyclic) bond motifs is 13. The summed E-state index contributed by atoms with van der Waals surface area (Å²) >= 11 is 1.84. The van der Waals surface area contributed by atoms with Gasteiger partial charge in [-0.25, -0.2) is 0 Å². The third-order valence-electron chi connectivity index (χ3n) is 11.0. The number of nitrogens with zero attached hydrogens (tertiary/aromatic N) is 1. The van der Waals surface area contributed by atoms with Crippen LogP contribution in [0.25, 0.3) is 96.7 Å². The second-order valence-corrected chi connectivity index (χ2v) is 15.1. The molecule has 0 saturated carbocycles. The SMILES string of the molecule is c1ccc2c(-c3ccc(N(c4ccc5sc6ccc7oc8c9ccccc9ccc8c7c6c5c4)c4cccc5oc6ccccc6c45)cc3)cccc2c1. The van der Waals surface area contributed by atoms with Crippen molar-refractivity contribution in [2.75, 3.05) is 4.90 Å². The minimum absolute atomic E-state index is 0.868. The number of furan rings is 2. The maximum atomic E-state index is 6.65. The average Bonchev–Trinajstić information content (AvgIpc) is 3.92. The average molecular weight is 708 g/mol. The van der Waals surface area contributed by atoms with Crippen LogP contribution in [0.5, 0.6) is 0 Å². The molecule has 0 atom stereocenters. The molecule has 3 nitrogen and oxygen atoms in total. The maximum absolute atomic E-state index is 6.65. The van der Waals surface area contributed by atoms with Crippen molar-refractivity contribution in [1.82, 2.24) is 0 Å². The summed E-state index contributed by atoms with van der Waals surface area (Å²) in [7, 11) is 0. The molecule has 0 amide bonds. The van der Waals surface area contributed by atoms with Crippen LogP contribution in [-0.4, -0.2) is 0 Å². The van der Waals surface area contributed by atoms with E-state index in [1.54, 1.807) is 0 Å². The van der Waals surface area contributed by atoms with Gasteiger partial charge in [-0.1, -0.05) is 109 Å². The van der Waals surface area contributed by atoms with Crippen LogP contribution >= 0.6 is 11.3 Å². The number of benzene rings is 9. The number of hydrogen-bond donors (Lipinski definition) is 0. The Morgan fingerprint density at radius 1 is 0.389 bits per heavy atom. The highest BCUT2D eigenvalue weighted by Gasteiger charge is 2.22. The van der Waals surface area contributed by atoms with Gasteiger partial charge in [0.2, 0.25) is 0 Å². The van der Waals surface area contributed by atoms with Gasteiger partial charge in [0.05, 0.1) is 11.1 Å². The Labute approximate surface area is 313 Å². The second-order valence-electron chi connectivity index (χ2n) is 14.0. The van der Waals surface area contributed by atoms with Gasteiger partial charge < -0.3 is 13.7 Å². The van der Waals surface area contributed by atoms with Gasteiger partial charge in [-0.3, -0.25) is 0 Å². The number of thiophene rings is 1. The molecule has 9 aromatic carbocycles. The Hall–Kier alpha value is -6.88. The first-order chi connectivity index (χ1) is 26.8. The lowest BCUT2D eigenvalue weighted by atomic mass is 9.98. The molecule has 0 fully saturated rings. The molecule has 0 saturated heterocycles. The smallest absolute Gasteiger partial charge is 0.143 e. The van der Waals surface area contributed by atoms with Crippen molar-refractivity contribution in [3.05, 3.63) is 176 Å². The zero-order valence-electron chi connectivity index (χ0n) is 28.9. The van der Waals surface area contributed by atoms with E-state index in [-0.39, 0.29) is 0 Å². The predicted octanol–water partition coefficient (Wildman–Crippen LogP) is 15.3. The van der Waals surface area contributed by atoms with E-state index < -0.39 is 0 Å². The highest BCUT2D eigenvalue weighted by atomic mass is 32.1. The van der Waals surface area contributed by atoms with Crippen molar-refractivity contribution in [1.29, 1.82) is 0 Å². The maximum Gasteiger partial charge on any atom is 0.143 e. The molecule has 4 heteroatoms. The van der Waals surface area contributed by atoms with E-state index in [9.17, 15) is 0 Å². The van der Waals surface area contributed by atoms with Crippen LogP contribution in [-0.2, 0) is 0 Å². The van der Waals surface area contributed by atoms with E-state index in [1.165, 1.54) is 52.8 Å². The lowest BCUT2D eigenvalue weighted by molar-refractivity contribution is 0.669. The lowest BCUT2D eigenvalue weighted by Crippen LogP contribution is -2.10. The van der Waals surface area contributed by atoms with Gasteiger partial charge in [0.25, 0.3) is 0 Å². The first-order valence-corrected chi connectivity index (χ1v) is 19.1. The van der Waals surface area contributed by atoms with Crippen LogP contribution in [0.2, 0.25) is 0 Å². The van der Waals surface area contributed by atoms with E-state index in [0.29, 0.717) is 0 Å². The van der Waals surface area contributed by atoms with Gasteiger partial charge in [0, 0.05) is 53.1 Å². The fourth-order valence-corrected chi connectivity index (χ4v) is 9.72. The van der Waals surface area contributed by atoms with Gasteiger partial charge in [0.1, 0.15) is 22.3 Å². The summed E-state index contributed by atoms with van der Waals surface area (Å²) < 4.78 is 15.6. The van der Waals surface area contributed by atoms with Gasteiger partial charge in [0.15, 0.2) is 0 Å². The summed E-state index contributed by atoms with van der Waals surface area (Å²) in [4.78, 5) is 2.39. The molecule has 12 aromatic rings. The first kappa shape index (κ1) is 29.7. The number of anilines is 3. The van der Waals surface area contributed by atoms with Gasteiger partial charge in [-0.05, 0) is 94.0 Å². The van der Waals surface area contributed by atoms with Crippen molar-refractivity contribution in [3.63, 3.8) is 0 Å². The van der Waals surface area contributed by atoms with Crippen LogP contribution < -0.4 is 4.90 Å². The Balaban J connectivity index is 1.11. The number of hydrogen-bond acceptors (Lipinski definition) is 4. The monoisotopic (exact) mass is 707 g/mol. The molecule has 252 valence electrons. The zero-order valence-corrected chi connectivity index (χ0v) is 29.7. The molecule has 0 aliphatic rings. The van der Waals surface area contributed by atoms with Crippen molar-refractivity contribution < 1.29 is 8.83 Å². The molecule has 0 radical (unpaired) electrons. The van der Waals surface area contributed by atoms with Gasteiger partial charge >= 0.3 is 0 Å². The van der Waals surface area contributed by atoms with Crippen LogP contribution in [0, 0.1) is 0 Å². The van der Waals surface area contributed by atoms with Crippen LogP contribution in [0.4, 0.5) is 17.1 Å². The van der Waals surface area contributed by atoms with Crippen molar-refractivity contribution in [2.24, 2.45) is 0 Å². The van der Waals surface area contributed by atoms with Crippen molar-refractivity contribution >= 4 is 114 Å². The van der Waals surface area contributed by atoms with E-state index in [0.717, 1.165) is 60.9 Å². The molecule has 3 heterocycles. The van der Waals surface area contributed by atoms with Crippen molar-refractivity contribution in [2.45, 2.75) is 0 Å². The quantitative estimate of drug-likeness (QED) is 0.182. The summed E-state index contributed by atoms with van der Waals surface area (Å²) in [6.07, 6.45) is 0. The summed E-state index contributed by atoms with van der Waals surface area (Å²) in [5.74, 6) is 0. The third kappa shape index (κ3) is 4.29. The van der Waals surface area contributed by atoms with E-state index in [4.69, 9.17) is 8.83 Å². The largest absolute Gasteiger partial charge is 0.456 e. The van der Waals surface area contributed by atoms with E-state index in [2.05, 4.69) is 175 Å². The summed E-state index contributed by atoms with van der Waals surface area (Å²) in [6.45, 7) is 0. The molecule has 0 N–H and O–H groups in total. The molecular formula is C50H29NO2S. The normalized spacial score (nSPS) is 12.1. The Morgan fingerprint density at radius 2 is 1.07 bits per heavy atom. The molecule has 12 rings (SSSR count). The van der Waals surface area contributed by atoms with E-state index >= 15 is 0 Å². The van der Waals surface area contributed by atoms with Gasteiger partial charge in [-0.2, -0.15) is 0 Å². The van der Waals surface area contributed by atoms with Gasteiger partial charge in [-0.15, -0.1) is 11.3 Å². The third-order valence-corrected chi connectivity index (χ3v) is 12.2. The highest BCUT2D eigenvalue weighted by Crippen LogP contribution is 2.48. The minimum Gasteiger partial charge on any atom is -0.456 e. The molecule has 0 aliphatic heterocycles. The predicted molar refractivity (Wildman–Crippen MR) is 229 cm³/mol. The van der Waals surface area contributed by atoms with Crippen molar-refractivity contribution in [3.8, 4) is 11.1 Å². The summed E-state index contributed by atoms with van der Waals surface area (Å²) in [5, 5.41) is 11.8. The molecule has 3 aromatic heterocycles.